The molecular weight excluding hydrogens is 1270 g/mol. The lowest BCUT2D eigenvalue weighted by Crippen LogP contribution is -2.39. The van der Waals surface area contributed by atoms with Crippen molar-refractivity contribution >= 4 is 52.2 Å². The third kappa shape index (κ3) is 25.6. The second kappa shape index (κ2) is 36.0. The van der Waals surface area contributed by atoms with E-state index in [9.17, 15) is 24.3 Å². The number of aryl methyl sites for hydroxylation is 4. The van der Waals surface area contributed by atoms with Crippen molar-refractivity contribution in [2.45, 2.75) is 213 Å². The molecular formula is C78H102F2O15Si2. The summed E-state index contributed by atoms with van der Waals surface area (Å²) in [6, 6.07) is 33.9. The predicted molar refractivity (Wildman–Crippen MR) is 381 cm³/mol. The summed E-state index contributed by atoms with van der Waals surface area (Å²) in [5.74, 6) is -4.90. The number of methoxy groups -OCH3 is 1. The summed E-state index contributed by atoms with van der Waals surface area (Å²) in [5, 5.41) is 9.74. The van der Waals surface area contributed by atoms with Gasteiger partial charge in [-0.2, -0.15) is 0 Å². The minimum absolute atomic E-state index is 0.0380. The molecule has 0 amide bonds. The van der Waals surface area contributed by atoms with Gasteiger partial charge in [-0.25, -0.2) is 28.0 Å². The fraction of sp³-hybridized carbons (Fsp3) is 0.462. The van der Waals surface area contributed by atoms with E-state index in [1.807, 2.05) is 107 Å². The van der Waals surface area contributed by atoms with E-state index in [2.05, 4.69) is 39.3 Å². The van der Waals surface area contributed by atoms with E-state index in [0.29, 0.717) is 42.9 Å². The van der Waals surface area contributed by atoms with Crippen molar-refractivity contribution in [3.8, 4) is 5.75 Å². The Hall–Kier alpha value is -7.21. The number of hydrogen-bond donors (Lipinski definition) is 1. The van der Waals surface area contributed by atoms with Crippen LogP contribution in [-0.2, 0) is 49.2 Å². The molecule has 526 valence electrons. The van der Waals surface area contributed by atoms with Gasteiger partial charge in [-0.05, 0) is 183 Å². The highest BCUT2D eigenvalue weighted by Gasteiger charge is 2.49. The SMILES string of the molecule is COc1ccc(COC(C)C/C=C(/F)C(OC(=O)c2ccccc2)C2OC(C)(C)O[C@H]2C/C=C/c2cc(C)cc(C)c2C(=O)OCC[Si](C)(C)C)cc1.Cc1cc(C)c(C(=O)OCC[Si](C)(C)C)c(/C=C/C[C@@H]2OC(C)(C)OC2C(OC(=O)c2ccccc2)/C(F)=C\CC(C)O)c1. The van der Waals surface area contributed by atoms with Gasteiger partial charge < -0.3 is 52.5 Å². The lowest BCUT2D eigenvalue weighted by molar-refractivity contribution is -0.154. The molecule has 2 fully saturated rings. The zero-order valence-corrected chi connectivity index (χ0v) is 61.8. The van der Waals surface area contributed by atoms with Gasteiger partial charge in [-0.1, -0.05) is 148 Å². The largest absolute Gasteiger partial charge is 0.497 e. The molecule has 0 bridgehead atoms. The number of benzene rings is 5. The second-order valence-electron chi connectivity index (χ2n) is 28.4. The minimum Gasteiger partial charge on any atom is -0.497 e. The molecule has 2 heterocycles. The average Bonchev–Trinajstić information content (AvgIpc) is 1.71. The smallest absolute Gasteiger partial charge is 0.338 e. The summed E-state index contributed by atoms with van der Waals surface area (Å²) < 4.78 is 90.9. The molecule has 5 aromatic rings. The zero-order chi connectivity index (χ0) is 71.4. The Balaban J connectivity index is 0.000000312. The van der Waals surface area contributed by atoms with E-state index in [1.54, 1.807) is 102 Å². The number of hydrogen-bond acceptors (Lipinski definition) is 15. The number of ether oxygens (including phenoxy) is 10. The van der Waals surface area contributed by atoms with E-state index in [1.165, 1.54) is 12.2 Å². The Bertz CT molecular complexity index is 3530. The van der Waals surface area contributed by atoms with Crippen molar-refractivity contribution in [1.82, 2.24) is 0 Å². The van der Waals surface area contributed by atoms with Gasteiger partial charge in [0.1, 0.15) is 29.6 Å². The van der Waals surface area contributed by atoms with Crippen molar-refractivity contribution in [1.29, 1.82) is 0 Å². The molecule has 1 N–H and O–H groups in total. The van der Waals surface area contributed by atoms with E-state index in [-0.39, 0.29) is 48.4 Å². The van der Waals surface area contributed by atoms with Crippen molar-refractivity contribution in [3.63, 3.8) is 0 Å². The molecule has 0 aromatic heterocycles. The molecule has 15 nitrogen and oxygen atoms in total. The maximum atomic E-state index is 16.3. The molecule has 8 atom stereocenters. The standard InChI is InChI=1S/C43H55FO8Si.C35H47FO7Si/c1-29-26-30(2)38(42(46)48-24-25-53(7,8)9)34(27-29)16-13-17-37-40(52-43(4,5)51-37)39(50-41(45)33-14-11-10-12-15-33)36(44)23-18-31(3)49-28-32-19-21-35(47-6)22-20-32;1-23-21-24(2)30(34(39)40-19-20-44(6,7)8)27(22-23)15-12-16-29-32(43-35(4,5)42-29)31(28(36)18-17-25(3)37)41-33(38)26-13-10-9-11-14-26/h10-16,19-23,26-27,31,37,39-40H,17-18,24-25,28H2,1-9H3;9-15,18,21-22,25,29,31-32,37H,16-17,19-20H2,1-8H3/b16-13+,36-23+;15-12+,28-18+/t31?,37-,39?,40?;25?,29-,31?,32?/m00/s1. The molecule has 97 heavy (non-hydrogen) atoms. The van der Waals surface area contributed by atoms with Gasteiger partial charge in [0, 0.05) is 16.1 Å². The highest BCUT2D eigenvalue weighted by Crippen LogP contribution is 2.38. The van der Waals surface area contributed by atoms with Crippen molar-refractivity contribution < 1.29 is 80.4 Å². The number of carbonyl (C=O) groups excluding carboxylic acids is 4. The molecule has 5 aromatic carbocycles. The van der Waals surface area contributed by atoms with Crippen LogP contribution in [0, 0.1) is 27.7 Å². The third-order valence-electron chi connectivity index (χ3n) is 16.0. The number of rotatable bonds is 30. The molecule has 0 radical (unpaired) electrons. The normalized spacial score (nSPS) is 19.2. The van der Waals surface area contributed by atoms with Crippen LogP contribution in [0.4, 0.5) is 8.78 Å². The molecule has 19 heteroatoms. The molecule has 0 spiro atoms. The van der Waals surface area contributed by atoms with Gasteiger partial charge in [0.25, 0.3) is 0 Å². The number of aliphatic hydroxyl groups excluding tert-OH is 1. The summed E-state index contributed by atoms with van der Waals surface area (Å²) in [4.78, 5) is 52.7. The highest BCUT2D eigenvalue weighted by atomic mass is 28.3. The van der Waals surface area contributed by atoms with Gasteiger partial charge in [-0.3, -0.25) is 0 Å². The van der Waals surface area contributed by atoms with Crippen LogP contribution in [-0.4, -0.2) is 126 Å². The van der Waals surface area contributed by atoms with E-state index < -0.39 is 94.0 Å². The summed E-state index contributed by atoms with van der Waals surface area (Å²) in [5.41, 5.74) is 7.61. The molecule has 0 saturated carbocycles. The van der Waals surface area contributed by atoms with Gasteiger partial charge >= 0.3 is 23.9 Å². The number of esters is 4. The first-order chi connectivity index (χ1) is 45.6. The molecule has 2 saturated heterocycles. The van der Waals surface area contributed by atoms with E-state index in [4.69, 9.17) is 47.4 Å². The Morgan fingerprint density at radius 3 is 1.35 bits per heavy atom. The summed E-state index contributed by atoms with van der Waals surface area (Å²) in [6.07, 6.45) is 3.65. The van der Waals surface area contributed by atoms with Crippen LogP contribution in [0.5, 0.6) is 5.75 Å². The lowest BCUT2D eigenvalue weighted by Gasteiger charge is -2.25. The van der Waals surface area contributed by atoms with Crippen molar-refractivity contribution in [3.05, 3.63) is 206 Å². The average molecular weight is 1370 g/mol. The maximum Gasteiger partial charge on any atom is 0.338 e. The Morgan fingerprint density at radius 1 is 0.567 bits per heavy atom. The monoisotopic (exact) mass is 1370 g/mol. The first kappa shape index (κ1) is 78.8. The molecule has 0 aliphatic carbocycles. The van der Waals surface area contributed by atoms with Crippen LogP contribution in [0.25, 0.3) is 12.2 Å². The maximum absolute atomic E-state index is 16.3. The summed E-state index contributed by atoms with van der Waals surface area (Å²) >= 11 is 0. The molecule has 6 unspecified atom stereocenters. The lowest BCUT2D eigenvalue weighted by atomic mass is 9.97. The number of carbonyl (C=O) groups is 4. The predicted octanol–water partition coefficient (Wildman–Crippen LogP) is 17.4. The summed E-state index contributed by atoms with van der Waals surface area (Å²) in [6.45, 7) is 32.6. The van der Waals surface area contributed by atoms with Crippen molar-refractivity contribution in [2.75, 3.05) is 20.3 Å². The summed E-state index contributed by atoms with van der Waals surface area (Å²) in [7, 11) is -1.14. The van der Waals surface area contributed by atoms with Gasteiger partial charge in [-0.15, -0.1) is 0 Å². The van der Waals surface area contributed by atoms with Crippen LogP contribution >= 0.6 is 0 Å². The van der Waals surface area contributed by atoms with E-state index in [0.717, 1.165) is 51.2 Å². The third-order valence-corrected chi connectivity index (χ3v) is 19.4. The fourth-order valence-corrected chi connectivity index (χ4v) is 12.5. The zero-order valence-electron chi connectivity index (χ0n) is 59.8. The van der Waals surface area contributed by atoms with Crippen LogP contribution < -0.4 is 4.74 Å². The van der Waals surface area contributed by atoms with Gasteiger partial charge in [0.2, 0.25) is 0 Å². The topological polar surface area (TPSA) is 181 Å². The van der Waals surface area contributed by atoms with Crippen LogP contribution in [0.15, 0.2) is 145 Å². The Morgan fingerprint density at radius 2 is 0.969 bits per heavy atom. The second-order valence-corrected chi connectivity index (χ2v) is 39.6. The number of aliphatic hydroxyl groups is 1. The van der Waals surface area contributed by atoms with Crippen molar-refractivity contribution in [2.24, 2.45) is 0 Å². The quantitative estimate of drug-likeness (QED) is 0.0260. The molecule has 2 aliphatic heterocycles. The first-order valence-corrected chi connectivity index (χ1v) is 40.8. The molecule has 2 aliphatic rings. The van der Waals surface area contributed by atoms with Gasteiger partial charge in [0.15, 0.2) is 23.8 Å². The fourth-order valence-electron chi connectivity index (χ4n) is 11.0. The Kier molecular flexibility index (Phi) is 29.3. The first-order valence-electron chi connectivity index (χ1n) is 33.4. The minimum atomic E-state index is -1.40. The van der Waals surface area contributed by atoms with E-state index >= 15 is 8.78 Å². The Labute approximate surface area is 575 Å². The van der Waals surface area contributed by atoms with Gasteiger partial charge in [0.05, 0.1) is 73.6 Å². The molecule has 7 rings (SSSR count). The highest BCUT2D eigenvalue weighted by molar-refractivity contribution is 6.76. The van der Waals surface area contributed by atoms with Crippen LogP contribution in [0.1, 0.15) is 148 Å². The van der Waals surface area contributed by atoms with Crippen LogP contribution in [0.2, 0.25) is 51.4 Å². The van der Waals surface area contributed by atoms with Crippen LogP contribution in [0.3, 0.4) is 0 Å². The number of halogens is 2.